The van der Waals surface area contributed by atoms with Gasteiger partial charge in [-0.05, 0) is 12.3 Å². The van der Waals surface area contributed by atoms with Gasteiger partial charge in [-0.25, -0.2) is 0 Å². The molecule has 4 heteroatoms. The second-order valence-electron chi connectivity index (χ2n) is 3.73. The fourth-order valence-corrected chi connectivity index (χ4v) is 2.68. The van der Waals surface area contributed by atoms with Crippen molar-refractivity contribution in [2.24, 2.45) is 11.7 Å². The quantitative estimate of drug-likeness (QED) is 0.706. The Morgan fingerprint density at radius 1 is 1.57 bits per heavy atom. The number of hydrogen-bond donors (Lipinski definition) is 1. The summed E-state index contributed by atoms with van der Waals surface area (Å²) in [6.45, 7) is 0.573. The molecule has 3 nitrogen and oxygen atoms in total. The van der Waals surface area contributed by atoms with Gasteiger partial charge in [0.05, 0.1) is 12.2 Å². The van der Waals surface area contributed by atoms with Gasteiger partial charge < -0.3 is 10.5 Å². The third kappa shape index (κ3) is 2.19. The summed E-state index contributed by atoms with van der Waals surface area (Å²) in [5.74, 6) is 1.14. The highest BCUT2D eigenvalue weighted by Crippen LogP contribution is 2.36. The molecule has 1 saturated heterocycles. The number of hydrogen-bond acceptors (Lipinski definition) is 4. The van der Waals surface area contributed by atoms with Crippen LogP contribution in [0.25, 0.3) is 0 Å². The van der Waals surface area contributed by atoms with Crippen LogP contribution in [0.2, 0.25) is 0 Å². The maximum absolute atomic E-state index is 11.5. The summed E-state index contributed by atoms with van der Waals surface area (Å²) in [5, 5.41) is 0.255. The Morgan fingerprint density at radius 3 is 3.00 bits per heavy atom. The highest BCUT2D eigenvalue weighted by molar-refractivity contribution is 8.13. The Balaban J connectivity index is 1.76. The minimum atomic E-state index is 0.197. The van der Waals surface area contributed by atoms with Crippen molar-refractivity contribution in [2.45, 2.75) is 25.0 Å². The number of nitrogens with two attached hydrogens (primary N) is 1. The van der Waals surface area contributed by atoms with E-state index in [1.807, 2.05) is 0 Å². The molecule has 2 bridgehead atoms. The first-order valence-corrected chi connectivity index (χ1v) is 5.97. The molecule has 2 heterocycles. The molecule has 0 spiro atoms. The van der Waals surface area contributed by atoms with Crippen LogP contribution >= 0.6 is 11.8 Å². The molecule has 2 aliphatic rings. The smallest absolute Gasteiger partial charge is 0.189 e. The zero-order chi connectivity index (χ0) is 9.97. The second-order valence-corrected chi connectivity index (χ2v) is 4.89. The summed E-state index contributed by atoms with van der Waals surface area (Å²) in [6, 6.07) is 0. The van der Waals surface area contributed by atoms with Crippen LogP contribution < -0.4 is 5.73 Å². The SMILES string of the molecule is NCCSC(=O)CC1CC2C=CC1O2. The predicted molar refractivity (Wildman–Crippen MR) is 57.0 cm³/mol. The fraction of sp³-hybridized carbons (Fsp3) is 0.700. The third-order valence-corrected chi connectivity index (χ3v) is 3.59. The zero-order valence-corrected chi connectivity index (χ0v) is 8.83. The molecule has 3 atom stereocenters. The van der Waals surface area contributed by atoms with Gasteiger partial charge in [0.1, 0.15) is 0 Å². The van der Waals surface area contributed by atoms with Crippen molar-refractivity contribution >= 4 is 16.9 Å². The van der Waals surface area contributed by atoms with Gasteiger partial charge in [0.15, 0.2) is 5.12 Å². The molecule has 2 rings (SSSR count). The van der Waals surface area contributed by atoms with Crippen molar-refractivity contribution in [3.63, 3.8) is 0 Å². The standard InChI is InChI=1S/C10H15NO2S/c11-3-4-14-10(12)6-7-5-8-1-2-9(7)13-8/h1-2,7-9H,3-6,11H2. The summed E-state index contributed by atoms with van der Waals surface area (Å²) < 4.78 is 5.59. The van der Waals surface area contributed by atoms with Crippen LogP contribution in [0.4, 0.5) is 0 Å². The van der Waals surface area contributed by atoms with Gasteiger partial charge in [-0.2, -0.15) is 0 Å². The Bertz CT molecular complexity index is 255. The van der Waals surface area contributed by atoms with Crippen molar-refractivity contribution in [3.8, 4) is 0 Å². The highest BCUT2D eigenvalue weighted by atomic mass is 32.2. The first-order chi connectivity index (χ1) is 6.79. The van der Waals surface area contributed by atoms with E-state index in [0.29, 0.717) is 18.9 Å². The van der Waals surface area contributed by atoms with Crippen LogP contribution in [-0.2, 0) is 9.53 Å². The summed E-state index contributed by atoms with van der Waals surface area (Å²) in [4.78, 5) is 11.5. The van der Waals surface area contributed by atoms with Crippen molar-refractivity contribution < 1.29 is 9.53 Å². The number of fused-ring (bicyclic) bond motifs is 2. The first kappa shape index (κ1) is 10.2. The van der Waals surface area contributed by atoms with Crippen molar-refractivity contribution in [3.05, 3.63) is 12.2 Å². The monoisotopic (exact) mass is 213 g/mol. The van der Waals surface area contributed by atoms with Gasteiger partial charge in [0.2, 0.25) is 0 Å². The van der Waals surface area contributed by atoms with Crippen LogP contribution in [0, 0.1) is 5.92 Å². The lowest BCUT2D eigenvalue weighted by Crippen LogP contribution is -2.16. The van der Waals surface area contributed by atoms with E-state index in [2.05, 4.69) is 12.2 Å². The number of thioether (sulfide) groups is 1. The van der Waals surface area contributed by atoms with E-state index in [1.165, 1.54) is 11.8 Å². The summed E-state index contributed by atoms with van der Waals surface area (Å²) in [6.07, 6.45) is 6.30. The highest BCUT2D eigenvalue weighted by Gasteiger charge is 2.37. The average molecular weight is 213 g/mol. The van der Waals surface area contributed by atoms with E-state index >= 15 is 0 Å². The van der Waals surface area contributed by atoms with Crippen molar-refractivity contribution in [2.75, 3.05) is 12.3 Å². The molecular weight excluding hydrogens is 198 g/mol. The minimum Gasteiger partial charge on any atom is -0.367 e. The normalized spacial score (nSPS) is 33.9. The molecule has 0 aromatic rings. The van der Waals surface area contributed by atoms with Crippen LogP contribution in [0.1, 0.15) is 12.8 Å². The number of carbonyl (C=O) groups excluding carboxylic acids is 1. The minimum absolute atomic E-state index is 0.197. The third-order valence-electron chi connectivity index (χ3n) is 2.66. The number of rotatable bonds is 4. The molecule has 1 fully saturated rings. The number of ether oxygens (including phenoxy) is 1. The molecule has 78 valence electrons. The van der Waals surface area contributed by atoms with Gasteiger partial charge in [0.25, 0.3) is 0 Å². The molecule has 2 N–H and O–H groups in total. The fourth-order valence-electron chi connectivity index (χ4n) is 2.01. The van der Waals surface area contributed by atoms with Gasteiger partial charge in [-0.3, -0.25) is 4.79 Å². The molecule has 0 aromatic heterocycles. The van der Waals surface area contributed by atoms with Gasteiger partial charge >= 0.3 is 0 Å². The van der Waals surface area contributed by atoms with Gasteiger partial charge in [-0.1, -0.05) is 23.9 Å². The molecule has 0 aliphatic carbocycles. The van der Waals surface area contributed by atoms with Crippen LogP contribution in [-0.4, -0.2) is 29.6 Å². The maximum atomic E-state index is 11.5. The topological polar surface area (TPSA) is 52.3 Å². The van der Waals surface area contributed by atoms with E-state index in [0.717, 1.165) is 12.2 Å². The molecule has 0 aromatic carbocycles. The average Bonchev–Trinajstić information content (AvgIpc) is 2.76. The molecular formula is C10H15NO2S. The van der Waals surface area contributed by atoms with Crippen LogP contribution in [0.5, 0.6) is 0 Å². The Morgan fingerprint density at radius 2 is 2.43 bits per heavy atom. The van der Waals surface area contributed by atoms with Gasteiger partial charge in [-0.15, -0.1) is 0 Å². The van der Waals surface area contributed by atoms with Gasteiger partial charge in [0, 0.05) is 18.7 Å². The first-order valence-electron chi connectivity index (χ1n) is 4.99. The lowest BCUT2D eigenvalue weighted by Gasteiger charge is -2.13. The molecule has 3 unspecified atom stereocenters. The molecule has 0 amide bonds. The molecule has 14 heavy (non-hydrogen) atoms. The lowest BCUT2D eigenvalue weighted by atomic mass is 9.92. The Labute approximate surface area is 88.1 Å². The van der Waals surface area contributed by atoms with Crippen LogP contribution in [0.3, 0.4) is 0 Å². The molecule has 0 radical (unpaired) electrons. The molecule has 2 aliphatic heterocycles. The van der Waals surface area contributed by atoms with E-state index in [-0.39, 0.29) is 17.3 Å². The van der Waals surface area contributed by atoms with Crippen molar-refractivity contribution in [1.82, 2.24) is 0 Å². The van der Waals surface area contributed by atoms with Crippen LogP contribution in [0.15, 0.2) is 12.2 Å². The largest absolute Gasteiger partial charge is 0.367 e. The van der Waals surface area contributed by atoms with E-state index in [4.69, 9.17) is 10.5 Å². The summed E-state index contributed by atoms with van der Waals surface area (Å²) in [5.41, 5.74) is 5.34. The predicted octanol–water partition coefficient (Wildman–Crippen LogP) is 0.938. The molecule has 0 saturated carbocycles. The van der Waals surface area contributed by atoms with E-state index in [1.54, 1.807) is 0 Å². The van der Waals surface area contributed by atoms with E-state index < -0.39 is 0 Å². The summed E-state index contributed by atoms with van der Waals surface area (Å²) >= 11 is 1.35. The Kier molecular flexibility index (Phi) is 3.26. The summed E-state index contributed by atoms with van der Waals surface area (Å²) in [7, 11) is 0. The zero-order valence-electron chi connectivity index (χ0n) is 8.02. The van der Waals surface area contributed by atoms with E-state index in [9.17, 15) is 4.79 Å². The number of carbonyl (C=O) groups is 1. The lowest BCUT2D eigenvalue weighted by molar-refractivity contribution is -0.112. The van der Waals surface area contributed by atoms with Crippen molar-refractivity contribution in [1.29, 1.82) is 0 Å². The Hall–Kier alpha value is -0.320. The maximum Gasteiger partial charge on any atom is 0.189 e. The second kappa shape index (κ2) is 4.47.